The Kier molecular flexibility index (Phi) is 3.28. The van der Waals surface area contributed by atoms with Gasteiger partial charge in [0.15, 0.2) is 5.82 Å². The molecular formula is C10H17N3O. The Labute approximate surface area is 84.1 Å². The lowest BCUT2D eigenvalue weighted by atomic mass is 10.2. The summed E-state index contributed by atoms with van der Waals surface area (Å²) in [5.41, 5.74) is 0. The van der Waals surface area contributed by atoms with E-state index in [1.807, 2.05) is 27.7 Å². The number of aromatic nitrogens is 2. The van der Waals surface area contributed by atoms with Crippen LogP contribution < -0.4 is 5.32 Å². The van der Waals surface area contributed by atoms with Crippen LogP contribution in [0.15, 0.2) is 6.20 Å². The molecule has 1 aromatic rings. The van der Waals surface area contributed by atoms with Gasteiger partial charge in [0.05, 0.1) is 0 Å². The molecule has 0 saturated heterocycles. The molecule has 1 rings (SSSR count). The molecule has 1 aromatic heterocycles. The predicted octanol–water partition coefficient (Wildman–Crippen LogP) is 2.13. The van der Waals surface area contributed by atoms with Gasteiger partial charge in [0.2, 0.25) is 5.91 Å². The second kappa shape index (κ2) is 4.26. The first kappa shape index (κ1) is 10.8. The lowest BCUT2D eigenvalue weighted by Gasteiger charge is -2.03. The number of aromatic amines is 1. The van der Waals surface area contributed by atoms with Crippen molar-refractivity contribution < 1.29 is 4.79 Å². The van der Waals surface area contributed by atoms with Gasteiger partial charge in [-0.2, -0.15) is 0 Å². The number of carbonyl (C=O) groups is 1. The Balaban J connectivity index is 2.64. The van der Waals surface area contributed by atoms with E-state index in [4.69, 9.17) is 0 Å². The second-order valence-electron chi connectivity index (χ2n) is 3.97. The number of hydrogen-bond donors (Lipinski definition) is 2. The summed E-state index contributed by atoms with van der Waals surface area (Å²) in [5, 5.41) is 2.74. The molecular weight excluding hydrogens is 178 g/mol. The third-order valence-electron chi connectivity index (χ3n) is 1.92. The van der Waals surface area contributed by atoms with E-state index in [0.29, 0.717) is 11.7 Å². The van der Waals surface area contributed by atoms with Crippen molar-refractivity contribution in [3.8, 4) is 0 Å². The monoisotopic (exact) mass is 195 g/mol. The number of hydrogen-bond acceptors (Lipinski definition) is 2. The third-order valence-corrected chi connectivity index (χ3v) is 1.92. The van der Waals surface area contributed by atoms with Crippen LogP contribution in [0.3, 0.4) is 0 Å². The third kappa shape index (κ3) is 2.58. The van der Waals surface area contributed by atoms with Gasteiger partial charge in [0.25, 0.3) is 0 Å². The number of carbonyl (C=O) groups excluding carboxylic acids is 1. The Hall–Kier alpha value is -1.32. The molecule has 2 N–H and O–H groups in total. The van der Waals surface area contributed by atoms with E-state index < -0.39 is 0 Å². The molecule has 78 valence electrons. The minimum Gasteiger partial charge on any atom is -0.346 e. The summed E-state index contributed by atoms with van der Waals surface area (Å²) < 4.78 is 0. The van der Waals surface area contributed by atoms with Gasteiger partial charge in [-0.25, -0.2) is 4.98 Å². The lowest BCUT2D eigenvalue weighted by Crippen LogP contribution is -2.17. The maximum Gasteiger partial charge on any atom is 0.228 e. The molecule has 0 aliphatic rings. The van der Waals surface area contributed by atoms with Crippen molar-refractivity contribution in [2.24, 2.45) is 5.92 Å². The Morgan fingerprint density at radius 3 is 2.50 bits per heavy atom. The average Bonchev–Trinajstić information content (AvgIpc) is 2.52. The zero-order valence-corrected chi connectivity index (χ0v) is 9.09. The van der Waals surface area contributed by atoms with E-state index >= 15 is 0 Å². The molecule has 1 heterocycles. The highest BCUT2D eigenvalue weighted by Crippen LogP contribution is 2.12. The van der Waals surface area contributed by atoms with Crippen molar-refractivity contribution in [1.29, 1.82) is 0 Å². The zero-order chi connectivity index (χ0) is 10.7. The van der Waals surface area contributed by atoms with Crippen LogP contribution >= 0.6 is 0 Å². The number of H-pyrrole nitrogens is 1. The molecule has 4 nitrogen and oxygen atoms in total. The van der Waals surface area contributed by atoms with E-state index in [0.717, 1.165) is 5.82 Å². The van der Waals surface area contributed by atoms with Crippen molar-refractivity contribution in [2.75, 3.05) is 5.32 Å². The predicted molar refractivity (Wildman–Crippen MR) is 56.1 cm³/mol. The molecule has 0 spiro atoms. The van der Waals surface area contributed by atoms with Crippen molar-refractivity contribution in [3.63, 3.8) is 0 Å². The van der Waals surface area contributed by atoms with Crippen LogP contribution in [0.5, 0.6) is 0 Å². The summed E-state index contributed by atoms with van der Waals surface area (Å²) in [6.45, 7) is 7.80. The highest BCUT2D eigenvalue weighted by Gasteiger charge is 2.10. The van der Waals surface area contributed by atoms with Crippen LogP contribution in [0.4, 0.5) is 5.82 Å². The first-order valence-corrected chi connectivity index (χ1v) is 4.87. The van der Waals surface area contributed by atoms with Gasteiger partial charge in [-0.1, -0.05) is 27.7 Å². The van der Waals surface area contributed by atoms with Gasteiger partial charge in [-0.15, -0.1) is 0 Å². The quantitative estimate of drug-likeness (QED) is 0.776. The molecule has 0 unspecified atom stereocenters. The number of nitrogens with one attached hydrogen (secondary N) is 2. The summed E-state index contributed by atoms with van der Waals surface area (Å²) in [7, 11) is 0. The van der Waals surface area contributed by atoms with Gasteiger partial charge in [0.1, 0.15) is 5.82 Å². The molecule has 0 saturated carbocycles. The number of anilines is 1. The van der Waals surface area contributed by atoms with Crippen LogP contribution in [-0.2, 0) is 4.79 Å². The molecule has 14 heavy (non-hydrogen) atoms. The fraction of sp³-hybridized carbons (Fsp3) is 0.600. The molecule has 4 heteroatoms. The van der Waals surface area contributed by atoms with Gasteiger partial charge in [0, 0.05) is 18.0 Å². The first-order valence-electron chi connectivity index (χ1n) is 4.87. The molecule has 0 aliphatic heterocycles. The summed E-state index contributed by atoms with van der Waals surface area (Å²) in [5.74, 6) is 1.82. The molecule has 0 aromatic carbocycles. The van der Waals surface area contributed by atoms with Crippen LogP contribution in [0, 0.1) is 5.92 Å². The fourth-order valence-electron chi connectivity index (χ4n) is 0.967. The molecule has 0 radical (unpaired) electrons. The molecule has 0 aliphatic carbocycles. The fourth-order valence-corrected chi connectivity index (χ4v) is 0.967. The maximum absolute atomic E-state index is 11.3. The summed E-state index contributed by atoms with van der Waals surface area (Å²) >= 11 is 0. The van der Waals surface area contributed by atoms with Crippen LogP contribution in [-0.4, -0.2) is 15.9 Å². The van der Waals surface area contributed by atoms with Gasteiger partial charge in [-0.3, -0.25) is 4.79 Å². The van der Waals surface area contributed by atoms with Gasteiger partial charge >= 0.3 is 0 Å². The number of amides is 1. The number of imidazole rings is 1. The first-order chi connectivity index (χ1) is 6.50. The summed E-state index contributed by atoms with van der Waals surface area (Å²) in [6.07, 6.45) is 1.72. The molecule has 0 bridgehead atoms. The van der Waals surface area contributed by atoms with Crippen LogP contribution in [0.25, 0.3) is 0 Å². The Morgan fingerprint density at radius 1 is 1.43 bits per heavy atom. The van der Waals surface area contributed by atoms with Crippen molar-refractivity contribution in [2.45, 2.75) is 33.6 Å². The van der Waals surface area contributed by atoms with Crippen LogP contribution in [0.1, 0.15) is 39.4 Å². The smallest absolute Gasteiger partial charge is 0.228 e. The van der Waals surface area contributed by atoms with Gasteiger partial charge < -0.3 is 10.3 Å². The van der Waals surface area contributed by atoms with Crippen molar-refractivity contribution in [1.82, 2.24) is 9.97 Å². The van der Waals surface area contributed by atoms with E-state index in [1.54, 1.807) is 6.20 Å². The minimum atomic E-state index is -0.0193. The SMILES string of the molecule is CC(C)C(=O)Nc1c[nH]c(C(C)C)n1. The highest BCUT2D eigenvalue weighted by atomic mass is 16.1. The normalized spacial score (nSPS) is 11.0. The topological polar surface area (TPSA) is 57.8 Å². The number of rotatable bonds is 3. The van der Waals surface area contributed by atoms with Gasteiger partial charge in [-0.05, 0) is 0 Å². The summed E-state index contributed by atoms with van der Waals surface area (Å²) in [6, 6.07) is 0. The largest absolute Gasteiger partial charge is 0.346 e. The second-order valence-corrected chi connectivity index (χ2v) is 3.97. The maximum atomic E-state index is 11.3. The standard InChI is InChI=1S/C10H17N3O/c1-6(2)9-11-5-8(12-9)13-10(14)7(3)4/h5-7H,1-4H3,(H,11,12)(H,13,14). The molecule has 0 fully saturated rings. The Bertz CT molecular complexity index is 315. The zero-order valence-electron chi connectivity index (χ0n) is 9.09. The van der Waals surface area contributed by atoms with E-state index in [2.05, 4.69) is 15.3 Å². The molecule has 0 atom stereocenters. The summed E-state index contributed by atoms with van der Waals surface area (Å²) in [4.78, 5) is 18.6. The highest BCUT2D eigenvalue weighted by molar-refractivity contribution is 5.91. The average molecular weight is 195 g/mol. The van der Waals surface area contributed by atoms with Crippen molar-refractivity contribution >= 4 is 11.7 Å². The van der Waals surface area contributed by atoms with E-state index in [9.17, 15) is 4.79 Å². The lowest BCUT2D eigenvalue weighted by molar-refractivity contribution is -0.118. The van der Waals surface area contributed by atoms with E-state index in [1.165, 1.54) is 0 Å². The van der Waals surface area contributed by atoms with E-state index in [-0.39, 0.29) is 11.8 Å². The minimum absolute atomic E-state index is 0.00759. The van der Waals surface area contributed by atoms with Crippen LogP contribution in [0.2, 0.25) is 0 Å². The van der Waals surface area contributed by atoms with Crippen molar-refractivity contribution in [3.05, 3.63) is 12.0 Å². The number of nitrogens with zero attached hydrogens (tertiary/aromatic N) is 1. The molecule has 1 amide bonds. The Morgan fingerprint density at radius 2 is 2.07 bits per heavy atom.